The molecule has 2 saturated heterocycles. The standard InChI is InChI=1S/C32H38N4O8P/c1-3-21-22-15-20(43-32(39)35-13-9-19(10-14-35)34-11-5-4-6-12-34)7-8-26(22)33-28-24(21)17-36-27(28)16-23-25(30(36)37)18-42-31(38)29(23)44-45(2,40)41/h7-8,15-16,19,29,40-41H,3-6,9-14,17-18H2,1-2H3/q+1/t29-/m0/s1. The lowest BCUT2D eigenvalue weighted by atomic mass is 9.97. The lowest BCUT2D eigenvalue weighted by molar-refractivity contribution is -0.156. The highest BCUT2D eigenvalue weighted by Gasteiger charge is 2.44. The Morgan fingerprint density at radius 3 is 2.53 bits per heavy atom. The molecule has 1 amide bonds. The first-order valence-electron chi connectivity index (χ1n) is 15.7. The molecule has 4 aliphatic rings. The predicted molar refractivity (Wildman–Crippen MR) is 167 cm³/mol. The number of fused-ring (bicyclic) bond motifs is 5. The average molecular weight is 638 g/mol. The maximum Gasteiger partial charge on any atom is 0.415 e. The number of pyridine rings is 2. The van der Waals surface area contributed by atoms with Crippen LogP contribution in [-0.4, -0.2) is 80.1 Å². The van der Waals surface area contributed by atoms with Gasteiger partial charge in [0.05, 0.1) is 29.0 Å². The number of hydrogen-bond donors (Lipinski definition) is 2. The van der Waals surface area contributed by atoms with Crippen LogP contribution in [0.15, 0.2) is 29.1 Å². The van der Waals surface area contributed by atoms with E-state index in [0.29, 0.717) is 48.2 Å². The fraction of sp³-hybridized carbons (Fsp3) is 0.500. The number of nitrogens with zero attached hydrogens (tertiary/aromatic N) is 4. The third-order valence-corrected chi connectivity index (χ3v) is 10.1. The summed E-state index contributed by atoms with van der Waals surface area (Å²) in [5.41, 5.74) is 3.83. The number of benzene rings is 1. The summed E-state index contributed by atoms with van der Waals surface area (Å²) in [5, 5.41) is 0.844. The summed E-state index contributed by atoms with van der Waals surface area (Å²) in [7, 11) is -3.82. The van der Waals surface area contributed by atoms with E-state index in [1.807, 2.05) is 19.1 Å². The number of carbonyl (C=O) groups is 2. The van der Waals surface area contributed by atoms with Crippen LogP contribution in [0, 0.1) is 0 Å². The van der Waals surface area contributed by atoms with E-state index in [-0.39, 0.29) is 35.9 Å². The van der Waals surface area contributed by atoms with Crippen LogP contribution in [0.1, 0.15) is 67.4 Å². The van der Waals surface area contributed by atoms with Crippen LogP contribution < -0.4 is 10.3 Å². The van der Waals surface area contributed by atoms with Gasteiger partial charge in [-0.3, -0.25) is 4.79 Å². The van der Waals surface area contributed by atoms with Gasteiger partial charge < -0.3 is 23.8 Å². The molecule has 2 N–H and O–H groups in total. The minimum absolute atomic E-state index is 0.226. The SMILES string of the molecule is CCc1c2c(nc3ccc(OC(=O)N4CCC(N5CCCCC5)CC4)cc13)-c1cc3c(c(=O)n1C2)COC(=O)[C@H]3O[P+](C)(O)O. The minimum Gasteiger partial charge on any atom is -0.458 e. The Morgan fingerprint density at radius 2 is 1.82 bits per heavy atom. The Bertz CT molecular complexity index is 1740. The summed E-state index contributed by atoms with van der Waals surface area (Å²) >= 11 is 0. The van der Waals surface area contributed by atoms with Crippen LogP contribution in [0.4, 0.5) is 4.79 Å². The van der Waals surface area contributed by atoms with Crippen molar-refractivity contribution in [2.45, 2.75) is 70.7 Å². The molecule has 1 atom stereocenters. The third-order valence-electron chi connectivity index (χ3n) is 9.52. The first-order valence-corrected chi connectivity index (χ1v) is 17.8. The van der Waals surface area contributed by atoms with E-state index in [0.717, 1.165) is 49.1 Å². The number of rotatable bonds is 5. The number of carbonyl (C=O) groups excluding carboxylic acids is 2. The molecular formula is C32H38N4O8P+. The summed E-state index contributed by atoms with van der Waals surface area (Å²) in [6.07, 6.45) is 4.62. The number of piperidine rings is 2. The van der Waals surface area contributed by atoms with E-state index < -0.39 is 20.0 Å². The number of cyclic esters (lactones) is 1. The van der Waals surface area contributed by atoms with Crippen molar-refractivity contribution in [3.63, 3.8) is 0 Å². The number of hydrogen-bond acceptors (Lipinski definition) is 10. The molecule has 12 nitrogen and oxygen atoms in total. The molecule has 238 valence electrons. The van der Waals surface area contributed by atoms with Crippen LogP contribution in [0.2, 0.25) is 0 Å². The summed E-state index contributed by atoms with van der Waals surface area (Å²) in [4.78, 5) is 68.5. The number of aryl methyl sites for hydroxylation is 1. The summed E-state index contributed by atoms with van der Waals surface area (Å²) < 4.78 is 17.9. The molecule has 3 aromatic rings. The zero-order chi connectivity index (χ0) is 31.5. The first-order chi connectivity index (χ1) is 21.6. The van der Waals surface area contributed by atoms with Gasteiger partial charge in [0.25, 0.3) is 5.56 Å². The Balaban J connectivity index is 1.16. The molecule has 4 aliphatic heterocycles. The van der Waals surface area contributed by atoms with Crippen LogP contribution in [-0.2, 0) is 33.6 Å². The van der Waals surface area contributed by atoms with Gasteiger partial charge in [-0.25, -0.2) is 14.6 Å². The minimum atomic E-state index is -3.82. The summed E-state index contributed by atoms with van der Waals surface area (Å²) in [6.45, 7) is 6.85. The van der Waals surface area contributed by atoms with Gasteiger partial charge in [-0.15, -0.1) is 0 Å². The van der Waals surface area contributed by atoms with Crippen molar-refractivity contribution in [2.75, 3.05) is 32.8 Å². The second-order valence-corrected chi connectivity index (χ2v) is 14.3. The van der Waals surface area contributed by atoms with Gasteiger partial charge >= 0.3 is 20.0 Å². The van der Waals surface area contributed by atoms with Gasteiger partial charge in [-0.05, 0) is 75.0 Å². The van der Waals surface area contributed by atoms with E-state index in [1.165, 1.54) is 19.3 Å². The second-order valence-electron chi connectivity index (χ2n) is 12.4. The van der Waals surface area contributed by atoms with Crippen molar-refractivity contribution < 1.29 is 33.4 Å². The van der Waals surface area contributed by atoms with Gasteiger partial charge in [0, 0.05) is 35.6 Å². The largest absolute Gasteiger partial charge is 0.458 e. The smallest absolute Gasteiger partial charge is 0.415 e. The van der Waals surface area contributed by atoms with E-state index in [2.05, 4.69) is 4.90 Å². The second kappa shape index (κ2) is 11.7. The molecule has 0 saturated carbocycles. The van der Waals surface area contributed by atoms with E-state index in [4.69, 9.17) is 19.0 Å². The molecule has 6 heterocycles. The van der Waals surface area contributed by atoms with Crippen LogP contribution in [0.5, 0.6) is 5.75 Å². The molecule has 2 aromatic heterocycles. The number of esters is 1. The molecule has 13 heteroatoms. The quantitative estimate of drug-likeness (QED) is 0.244. The van der Waals surface area contributed by atoms with E-state index in [1.54, 1.807) is 21.6 Å². The molecule has 2 fully saturated rings. The topological polar surface area (TPSA) is 144 Å². The Hall–Kier alpha value is -3.41. The molecule has 1 aromatic carbocycles. The van der Waals surface area contributed by atoms with Crippen molar-refractivity contribution in [1.29, 1.82) is 0 Å². The highest BCUT2D eigenvalue weighted by atomic mass is 31.2. The lowest BCUT2D eigenvalue weighted by Crippen LogP contribution is -2.48. The third kappa shape index (κ3) is 5.63. The molecule has 0 spiro atoms. The fourth-order valence-electron chi connectivity index (χ4n) is 7.30. The van der Waals surface area contributed by atoms with Crippen LogP contribution >= 0.6 is 7.94 Å². The normalized spacial score (nSPS) is 20.5. The highest BCUT2D eigenvalue weighted by molar-refractivity contribution is 7.58. The van der Waals surface area contributed by atoms with Crippen molar-refractivity contribution in [3.05, 3.63) is 56.9 Å². The molecule has 0 radical (unpaired) electrons. The Morgan fingerprint density at radius 1 is 1.07 bits per heavy atom. The molecular weight excluding hydrogens is 599 g/mol. The van der Waals surface area contributed by atoms with Crippen molar-refractivity contribution in [3.8, 4) is 17.1 Å². The van der Waals surface area contributed by atoms with Gasteiger partial charge in [0.15, 0.2) is 0 Å². The zero-order valence-corrected chi connectivity index (χ0v) is 26.4. The maximum absolute atomic E-state index is 13.6. The Kier molecular flexibility index (Phi) is 7.90. The summed E-state index contributed by atoms with van der Waals surface area (Å²) in [5.74, 6) is -0.339. The molecule has 0 bridgehead atoms. The monoisotopic (exact) mass is 637 g/mol. The average Bonchev–Trinajstić information content (AvgIpc) is 3.40. The lowest BCUT2D eigenvalue weighted by Gasteiger charge is -2.39. The van der Waals surface area contributed by atoms with Crippen LogP contribution in [0.25, 0.3) is 22.3 Å². The maximum atomic E-state index is 13.6. The molecule has 0 unspecified atom stereocenters. The van der Waals surface area contributed by atoms with Crippen molar-refractivity contribution in [1.82, 2.24) is 19.4 Å². The molecule has 45 heavy (non-hydrogen) atoms. The number of ether oxygens (including phenoxy) is 2. The van der Waals surface area contributed by atoms with Crippen molar-refractivity contribution >= 4 is 30.9 Å². The van der Waals surface area contributed by atoms with E-state index in [9.17, 15) is 24.2 Å². The number of amides is 1. The van der Waals surface area contributed by atoms with Gasteiger partial charge in [-0.1, -0.05) is 13.3 Å². The van der Waals surface area contributed by atoms with E-state index >= 15 is 0 Å². The predicted octanol–water partition coefficient (Wildman–Crippen LogP) is 3.93. The first kappa shape index (κ1) is 30.3. The Labute approximate surface area is 261 Å². The number of aromatic nitrogens is 2. The zero-order valence-electron chi connectivity index (χ0n) is 25.5. The summed E-state index contributed by atoms with van der Waals surface area (Å²) in [6, 6.07) is 7.61. The van der Waals surface area contributed by atoms with Crippen LogP contribution in [0.3, 0.4) is 0 Å². The number of likely N-dealkylation sites (tertiary alicyclic amines) is 2. The highest BCUT2D eigenvalue weighted by Crippen LogP contribution is 2.52. The van der Waals surface area contributed by atoms with Gasteiger partial charge in [0.2, 0.25) is 6.10 Å². The van der Waals surface area contributed by atoms with Gasteiger partial charge in [0.1, 0.15) is 19.0 Å². The van der Waals surface area contributed by atoms with Gasteiger partial charge in [-0.2, -0.15) is 14.3 Å². The molecule has 7 rings (SSSR count). The van der Waals surface area contributed by atoms with Crippen molar-refractivity contribution in [2.24, 2.45) is 0 Å². The fourth-order valence-corrected chi connectivity index (χ4v) is 7.90. The molecule has 0 aliphatic carbocycles.